The van der Waals surface area contributed by atoms with Crippen LogP contribution in [0.3, 0.4) is 0 Å². The number of carbonyl (C=O) groups is 2. The van der Waals surface area contributed by atoms with Gasteiger partial charge in [-0.05, 0) is 25.1 Å². The second-order valence-electron chi connectivity index (χ2n) is 6.63. The molecule has 0 unspecified atom stereocenters. The number of rotatable bonds is 6. The molecule has 0 saturated carbocycles. The van der Waals surface area contributed by atoms with Crippen LogP contribution in [0.2, 0.25) is 5.02 Å². The van der Waals surface area contributed by atoms with Crippen LogP contribution in [0.4, 0.5) is 5.13 Å². The number of aromatic nitrogens is 2. The summed E-state index contributed by atoms with van der Waals surface area (Å²) in [6.07, 6.45) is 0.0645. The number of esters is 1. The molecule has 31 heavy (non-hydrogen) atoms. The number of nitrogens with one attached hydrogen (secondary N) is 1. The van der Waals surface area contributed by atoms with Gasteiger partial charge in [0.1, 0.15) is 0 Å². The van der Waals surface area contributed by atoms with Crippen LogP contribution in [0.15, 0.2) is 60.0 Å². The first-order chi connectivity index (χ1) is 15.0. The number of benzene rings is 2. The van der Waals surface area contributed by atoms with Gasteiger partial charge < -0.3 is 4.74 Å². The highest BCUT2D eigenvalue weighted by molar-refractivity contribution is 7.14. The predicted octanol–water partition coefficient (Wildman–Crippen LogP) is 5.37. The first kappa shape index (κ1) is 21.0. The molecule has 6 nitrogen and oxygen atoms in total. The summed E-state index contributed by atoms with van der Waals surface area (Å²) in [6, 6.07) is 16.5. The third-order valence-electron chi connectivity index (χ3n) is 4.51. The van der Waals surface area contributed by atoms with Crippen LogP contribution < -0.4 is 5.32 Å². The Bertz CT molecular complexity index is 1270. The number of anilines is 1. The molecule has 2 aromatic carbocycles. The van der Waals surface area contributed by atoms with Gasteiger partial charge in [-0.25, -0.2) is 9.97 Å². The lowest BCUT2D eigenvalue weighted by Crippen LogP contribution is -2.13. The maximum Gasteiger partial charge on any atom is 0.311 e. The predicted molar refractivity (Wildman–Crippen MR) is 123 cm³/mol. The molecule has 0 aliphatic carbocycles. The van der Waals surface area contributed by atoms with Crippen LogP contribution >= 0.6 is 22.9 Å². The molecule has 4 aromatic rings. The molecule has 0 spiro atoms. The van der Waals surface area contributed by atoms with Crippen molar-refractivity contribution >= 4 is 50.8 Å². The van der Waals surface area contributed by atoms with Crippen LogP contribution in [0.1, 0.15) is 23.0 Å². The van der Waals surface area contributed by atoms with E-state index in [2.05, 4.69) is 15.3 Å². The number of para-hydroxylation sites is 1. The molecule has 0 radical (unpaired) electrons. The molecule has 1 N–H and O–H groups in total. The van der Waals surface area contributed by atoms with Gasteiger partial charge in [0.25, 0.3) is 5.91 Å². The Balaban J connectivity index is 1.66. The van der Waals surface area contributed by atoms with E-state index in [4.69, 9.17) is 16.3 Å². The van der Waals surface area contributed by atoms with E-state index in [1.165, 1.54) is 11.3 Å². The lowest BCUT2D eigenvalue weighted by Gasteiger charge is -2.10. The van der Waals surface area contributed by atoms with Gasteiger partial charge in [-0.1, -0.05) is 48.0 Å². The van der Waals surface area contributed by atoms with Crippen molar-refractivity contribution in [1.82, 2.24) is 9.97 Å². The molecule has 0 aliphatic heterocycles. The summed E-state index contributed by atoms with van der Waals surface area (Å²) in [5, 5.41) is 6.24. The third kappa shape index (κ3) is 4.73. The molecule has 0 saturated heterocycles. The third-order valence-corrected chi connectivity index (χ3v) is 5.65. The van der Waals surface area contributed by atoms with Crippen LogP contribution in [0, 0.1) is 0 Å². The summed E-state index contributed by atoms with van der Waals surface area (Å²) >= 11 is 7.61. The zero-order chi connectivity index (χ0) is 21.8. The van der Waals surface area contributed by atoms with Crippen molar-refractivity contribution in [2.45, 2.75) is 13.3 Å². The molecule has 0 aliphatic rings. The maximum absolute atomic E-state index is 13.1. The quantitative estimate of drug-likeness (QED) is 0.398. The first-order valence-corrected chi connectivity index (χ1v) is 10.9. The van der Waals surface area contributed by atoms with Gasteiger partial charge >= 0.3 is 5.97 Å². The molecule has 2 aromatic heterocycles. The van der Waals surface area contributed by atoms with E-state index in [-0.39, 0.29) is 18.3 Å². The van der Waals surface area contributed by atoms with E-state index in [0.29, 0.717) is 39.2 Å². The second kappa shape index (κ2) is 9.24. The van der Waals surface area contributed by atoms with Crippen LogP contribution in [0.5, 0.6) is 0 Å². The van der Waals surface area contributed by atoms with Gasteiger partial charge in [-0.3, -0.25) is 14.9 Å². The average Bonchev–Trinajstić information content (AvgIpc) is 3.19. The Hall–Kier alpha value is -3.29. The fraction of sp³-hybridized carbons (Fsp3) is 0.130. The Kier molecular flexibility index (Phi) is 6.25. The summed E-state index contributed by atoms with van der Waals surface area (Å²) in [4.78, 5) is 33.8. The van der Waals surface area contributed by atoms with Gasteiger partial charge in [0.05, 0.1) is 35.5 Å². The molecular formula is C23H18ClN3O3S. The van der Waals surface area contributed by atoms with Crippen molar-refractivity contribution in [3.8, 4) is 11.3 Å². The lowest BCUT2D eigenvalue weighted by molar-refractivity contribution is -0.142. The number of fused-ring (bicyclic) bond motifs is 1. The smallest absolute Gasteiger partial charge is 0.311 e. The Morgan fingerprint density at radius 1 is 1.10 bits per heavy atom. The highest BCUT2D eigenvalue weighted by atomic mass is 35.5. The number of amides is 1. The van der Waals surface area contributed by atoms with E-state index in [0.717, 1.165) is 10.9 Å². The van der Waals surface area contributed by atoms with Crippen molar-refractivity contribution in [3.05, 3.63) is 76.3 Å². The normalized spacial score (nSPS) is 10.8. The minimum atomic E-state index is -0.352. The fourth-order valence-corrected chi connectivity index (χ4v) is 4.08. The lowest BCUT2D eigenvalue weighted by atomic mass is 10.0. The SMILES string of the molecule is CCOC(=O)Cc1csc(NC(=O)c2cc(-c3ccccc3Cl)nc3ccccc23)n1. The minimum Gasteiger partial charge on any atom is -0.466 e. The van der Waals surface area contributed by atoms with Crippen molar-refractivity contribution < 1.29 is 14.3 Å². The van der Waals surface area contributed by atoms with Gasteiger partial charge in [-0.2, -0.15) is 0 Å². The molecule has 0 fully saturated rings. The van der Waals surface area contributed by atoms with Crippen LogP contribution in [-0.2, 0) is 16.0 Å². The molecule has 0 bridgehead atoms. The van der Waals surface area contributed by atoms with E-state index in [9.17, 15) is 9.59 Å². The fourth-order valence-electron chi connectivity index (χ4n) is 3.14. The number of hydrogen-bond acceptors (Lipinski definition) is 6. The molecule has 2 heterocycles. The van der Waals surface area contributed by atoms with Crippen LogP contribution in [0.25, 0.3) is 22.2 Å². The summed E-state index contributed by atoms with van der Waals surface area (Å²) in [7, 11) is 0. The Morgan fingerprint density at radius 3 is 2.68 bits per heavy atom. The van der Waals surface area contributed by atoms with Gasteiger partial charge in [0, 0.05) is 21.4 Å². The number of pyridine rings is 1. The number of hydrogen-bond donors (Lipinski definition) is 1. The van der Waals surface area contributed by atoms with Crippen molar-refractivity contribution in [2.24, 2.45) is 0 Å². The molecule has 0 atom stereocenters. The largest absolute Gasteiger partial charge is 0.466 e. The summed E-state index contributed by atoms with van der Waals surface area (Å²) in [5.41, 5.74) is 3.05. The minimum absolute atomic E-state index is 0.0645. The van der Waals surface area contributed by atoms with E-state index >= 15 is 0 Å². The zero-order valence-corrected chi connectivity index (χ0v) is 18.2. The van der Waals surface area contributed by atoms with E-state index in [1.54, 1.807) is 24.4 Å². The van der Waals surface area contributed by atoms with Crippen molar-refractivity contribution in [2.75, 3.05) is 11.9 Å². The van der Waals surface area contributed by atoms with Crippen molar-refractivity contribution in [3.63, 3.8) is 0 Å². The van der Waals surface area contributed by atoms with E-state index < -0.39 is 0 Å². The molecule has 156 valence electrons. The zero-order valence-electron chi connectivity index (χ0n) is 16.6. The molecular weight excluding hydrogens is 434 g/mol. The Morgan fingerprint density at radius 2 is 1.87 bits per heavy atom. The number of thiazole rings is 1. The first-order valence-electron chi connectivity index (χ1n) is 9.61. The van der Waals surface area contributed by atoms with Crippen LogP contribution in [-0.4, -0.2) is 28.5 Å². The van der Waals surface area contributed by atoms with Gasteiger partial charge in [-0.15, -0.1) is 11.3 Å². The van der Waals surface area contributed by atoms with Gasteiger partial charge in [0.15, 0.2) is 5.13 Å². The van der Waals surface area contributed by atoms with Gasteiger partial charge in [0.2, 0.25) is 0 Å². The molecule has 8 heteroatoms. The average molecular weight is 452 g/mol. The maximum atomic E-state index is 13.1. The number of nitrogens with zero attached hydrogens (tertiary/aromatic N) is 2. The summed E-state index contributed by atoms with van der Waals surface area (Å²) in [5.74, 6) is -0.667. The van der Waals surface area contributed by atoms with E-state index in [1.807, 2.05) is 42.5 Å². The Labute approximate surface area is 187 Å². The molecule has 1 amide bonds. The monoisotopic (exact) mass is 451 g/mol. The molecule has 4 rings (SSSR count). The highest BCUT2D eigenvalue weighted by Crippen LogP contribution is 2.30. The number of ether oxygens (including phenoxy) is 1. The number of halogens is 1. The highest BCUT2D eigenvalue weighted by Gasteiger charge is 2.17. The number of carbonyl (C=O) groups excluding carboxylic acids is 2. The topological polar surface area (TPSA) is 81.2 Å². The summed E-state index contributed by atoms with van der Waals surface area (Å²) in [6.45, 7) is 2.07. The standard InChI is InChI=1S/C23H18ClN3O3S/c1-2-30-21(28)11-14-13-31-23(25-14)27-22(29)17-12-20(16-8-3-5-9-18(16)24)26-19-10-6-4-7-15(17)19/h3-10,12-13H,2,11H2,1H3,(H,25,27,29). The second-order valence-corrected chi connectivity index (χ2v) is 7.90. The van der Waals surface area contributed by atoms with Crippen molar-refractivity contribution in [1.29, 1.82) is 0 Å². The summed E-state index contributed by atoms with van der Waals surface area (Å²) < 4.78 is 4.94.